The maximum Gasteiger partial charge on any atom is 0.162 e. The molecule has 3 heteroatoms. The lowest BCUT2D eigenvalue weighted by Gasteiger charge is -2.32. The summed E-state index contributed by atoms with van der Waals surface area (Å²) < 4.78 is 27.1. The first-order valence-electron chi connectivity index (χ1n) is 6.38. The van der Waals surface area contributed by atoms with Gasteiger partial charge in [-0.15, -0.1) is 0 Å². The molecule has 1 aromatic rings. The lowest BCUT2D eigenvalue weighted by atomic mass is 9.79. The Kier molecular flexibility index (Phi) is 4.11. The standard InChI is InChI=1S/C14H19F2N/c1-2-4-10-9-17-8-7-11(10)12-5-3-6-13(15)14(12)16/h3,5-6,10-11,17H,2,4,7-9H2,1H3. The van der Waals surface area contributed by atoms with Gasteiger partial charge < -0.3 is 5.32 Å². The molecule has 1 fully saturated rings. The third-order valence-electron chi connectivity index (χ3n) is 3.65. The number of benzene rings is 1. The van der Waals surface area contributed by atoms with Gasteiger partial charge in [0.05, 0.1) is 0 Å². The van der Waals surface area contributed by atoms with Gasteiger partial charge in [-0.1, -0.05) is 25.5 Å². The Bertz CT molecular complexity index is 376. The van der Waals surface area contributed by atoms with Gasteiger partial charge >= 0.3 is 0 Å². The van der Waals surface area contributed by atoms with E-state index < -0.39 is 11.6 Å². The number of halogens is 2. The molecule has 1 aliphatic heterocycles. The fourth-order valence-corrected chi connectivity index (χ4v) is 2.81. The summed E-state index contributed by atoms with van der Waals surface area (Å²) in [5.41, 5.74) is 0.560. The van der Waals surface area contributed by atoms with E-state index in [1.54, 1.807) is 12.1 Å². The van der Waals surface area contributed by atoms with Crippen LogP contribution in [0.25, 0.3) is 0 Å². The molecule has 2 rings (SSSR count). The molecule has 0 radical (unpaired) electrons. The molecule has 1 aromatic carbocycles. The van der Waals surface area contributed by atoms with Crippen LogP contribution in [0.4, 0.5) is 8.78 Å². The van der Waals surface area contributed by atoms with Gasteiger partial charge in [0.25, 0.3) is 0 Å². The van der Waals surface area contributed by atoms with Gasteiger partial charge in [-0.25, -0.2) is 8.78 Å². The first kappa shape index (κ1) is 12.5. The Morgan fingerprint density at radius 1 is 1.35 bits per heavy atom. The van der Waals surface area contributed by atoms with Gasteiger partial charge in [0.2, 0.25) is 0 Å². The van der Waals surface area contributed by atoms with E-state index in [9.17, 15) is 8.78 Å². The fourth-order valence-electron chi connectivity index (χ4n) is 2.81. The highest BCUT2D eigenvalue weighted by Crippen LogP contribution is 2.34. The SMILES string of the molecule is CCCC1CNCCC1c1cccc(F)c1F. The Morgan fingerprint density at radius 3 is 2.94 bits per heavy atom. The molecule has 0 amide bonds. The molecule has 2 unspecified atom stereocenters. The van der Waals surface area contributed by atoms with Crippen LogP contribution in [0.5, 0.6) is 0 Å². The summed E-state index contributed by atoms with van der Waals surface area (Å²) in [6.45, 7) is 3.93. The predicted molar refractivity (Wildman–Crippen MR) is 65.0 cm³/mol. The Balaban J connectivity index is 2.26. The van der Waals surface area contributed by atoms with Gasteiger partial charge in [0.1, 0.15) is 0 Å². The third-order valence-corrected chi connectivity index (χ3v) is 3.65. The monoisotopic (exact) mass is 239 g/mol. The van der Waals surface area contributed by atoms with Crippen LogP contribution in [0.3, 0.4) is 0 Å². The molecule has 17 heavy (non-hydrogen) atoms. The van der Waals surface area contributed by atoms with E-state index in [0.717, 1.165) is 32.4 Å². The molecule has 0 spiro atoms. The summed E-state index contributed by atoms with van der Waals surface area (Å²) in [5, 5.41) is 3.34. The first-order valence-corrected chi connectivity index (χ1v) is 6.38. The summed E-state index contributed by atoms with van der Waals surface area (Å²) in [5.74, 6) is -0.797. The van der Waals surface area contributed by atoms with Crippen LogP contribution >= 0.6 is 0 Å². The van der Waals surface area contributed by atoms with Crippen molar-refractivity contribution in [1.29, 1.82) is 0 Å². The smallest absolute Gasteiger partial charge is 0.162 e. The molecule has 0 aliphatic carbocycles. The minimum absolute atomic E-state index is 0.159. The topological polar surface area (TPSA) is 12.0 Å². The highest BCUT2D eigenvalue weighted by Gasteiger charge is 2.28. The molecule has 0 bridgehead atoms. The molecular formula is C14H19F2N. The van der Waals surface area contributed by atoms with E-state index in [2.05, 4.69) is 12.2 Å². The molecule has 1 nitrogen and oxygen atoms in total. The van der Waals surface area contributed by atoms with Crippen molar-refractivity contribution in [2.75, 3.05) is 13.1 Å². The highest BCUT2D eigenvalue weighted by atomic mass is 19.2. The van der Waals surface area contributed by atoms with Crippen molar-refractivity contribution in [1.82, 2.24) is 5.32 Å². The molecular weight excluding hydrogens is 220 g/mol. The highest BCUT2D eigenvalue weighted by molar-refractivity contribution is 5.24. The van der Waals surface area contributed by atoms with E-state index >= 15 is 0 Å². The van der Waals surface area contributed by atoms with E-state index in [0.29, 0.717) is 11.5 Å². The van der Waals surface area contributed by atoms with Crippen LogP contribution in [0.1, 0.15) is 37.7 Å². The minimum Gasteiger partial charge on any atom is -0.316 e. The van der Waals surface area contributed by atoms with E-state index in [1.807, 2.05) is 0 Å². The Hall–Kier alpha value is -0.960. The van der Waals surface area contributed by atoms with Crippen molar-refractivity contribution in [3.63, 3.8) is 0 Å². The van der Waals surface area contributed by atoms with Crippen molar-refractivity contribution in [2.24, 2.45) is 5.92 Å². The predicted octanol–water partition coefficient (Wildman–Crippen LogP) is 3.46. The van der Waals surface area contributed by atoms with Crippen LogP contribution in [0, 0.1) is 17.6 Å². The Morgan fingerprint density at radius 2 is 2.18 bits per heavy atom. The van der Waals surface area contributed by atoms with E-state index in [1.165, 1.54) is 6.07 Å². The molecule has 0 saturated carbocycles. The normalized spacial score (nSPS) is 24.9. The largest absolute Gasteiger partial charge is 0.316 e. The second kappa shape index (κ2) is 5.58. The van der Waals surface area contributed by atoms with Crippen LogP contribution < -0.4 is 5.32 Å². The Labute approximate surface area is 101 Å². The maximum atomic E-state index is 13.8. The minimum atomic E-state index is -0.726. The van der Waals surface area contributed by atoms with Gasteiger partial charge in [-0.3, -0.25) is 0 Å². The van der Waals surface area contributed by atoms with Crippen LogP contribution in [0.2, 0.25) is 0 Å². The quantitative estimate of drug-likeness (QED) is 0.851. The van der Waals surface area contributed by atoms with E-state index in [4.69, 9.17) is 0 Å². The summed E-state index contributed by atoms with van der Waals surface area (Å²) >= 11 is 0. The summed E-state index contributed by atoms with van der Waals surface area (Å²) in [6, 6.07) is 4.53. The zero-order valence-electron chi connectivity index (χ0n) is 10.2. The summed E-state index contributed by atoms with van der Waals surface area (Å²) in [4.78, 5) is 0. The summed E-state index contributed by atoms with van der Waals surface area (Å²) in [7, 11) is 0. The number of piperidine rings is 1. The van der Waals surface area contributed by atoms with Gasteiger partial charge in [0.15, 0.2) is 11.6 Å². The molecule has 1 aliphatic rings. The van der Waals surface area contributed by atoms with Crippen molar-refractivity contribution in [3.8, 4) is 0 Å². The number of nitrogens with one attached hydrogen (secondary N) is 1. The van der Waals surface area contributed by atoms with Gasteiger partial charge in [-0.2, -0.15) is 0 Å². The van der Waals surface area contributed by atoms with Crippen molar-refractivity contribution >= 4 is 0 Å². The lowest BCUT2D eigenvalue weighted by molar-refractivity contribution is 0.298. The van der Waals surface area contributed by atoms with Crippen molar-refractivity contribution < 1.29 is 8.78 Å². The van der Waals surface area contributed by atoms with E-state index in [-0.39, 0.29) is 5.92 Å². The average Bonchev–Trinajstić information content (AvgIpc) is 2.34. The third kappa shape index (κ3) is 2.65. The van der Waals surface area contributed by atoms with Crippen LogP contribution in [-0.4, -0.2) is 13.1 Å². The van der Waals surface area contributed by atoms with Crippen molar-refractivity contribution in [2.45, 2.75) is 32.1 Å². The number of hydrogen-bond donors (Lipinski definition) is 1. The molecule has 2 atom stereocenters. The average molecular weight is 239 g/mol. The van der Waals surface area contributed by atoms with Crippen LogP contribution in [-0.2, 0) is 0 Å². The number of rotatable bonds is 3. The second-order valence-corrected chi connectivity index (χ2v) is 4.79. The second-order valence-electron chi connectivity index (χ2n) is 4.79. The zero-order valence-corrected chi connectivity index (χ0v) is 10.2. The molecule has 0 aromatic heterocycles. The lowest BCUT2D eigenvalue weighted by Crippen LogP contribution is -2.35. The first-order chi connectivity index (χ1) is 8.24. The van der Waals surface area contributed by atoms with Gasteiger partial charge in [-0.05, 0) is 49.4 Å². The fraction of sp³-hybridized carbons (Fsp3) is 0.571. The molecule has 94 valence electrons. The van der Waals surface area contributed by atoms with Gasteiger partial charge in [0, 0.05) is 0 Å². The molecule has 1 saturated heterocycles. The number of hydrogen-bond acceptors (Lipinski definition) is 1. The van der Waals surface area contributed by atoms with Crippen LogP contribution in [0.15, 0.2) is 18.2 Å². The zero-order chi connectivity index (χ0) is 12.3. The summed E-state index contributed by atoms with van der Waals surface area (Å²) in [6.07, 6.45) is 3.04. The maximum absolute atomic E-state index is 13.8. The molecule has 1 N–H and O–H groups in total. The van der Waals surface area contributed by atoms with Crippen molar-refractivity contribution in [3.05, 3.63) is 35.4 Å². The molecule has 1 heterocycles.